The van der Waals surface area contributed by atoms with E-state index in [0.29, 0.717) is 17.2 Å². The maximum absolute atomic E-state index is 6.06. The first-order valence-corrected chi connectivity index (χ1v) is 6.20. The molecule has 0 aliphatic heterocycles. The fourth-order valence-corrected chi connectivity index (χ4v) is 2.03. The molecule has 0 aliphatic rings. The molecule has 0 aliphatic carbocycles. The molecule has 0 spiro atoms. The van der Waals surface area contributed by atoms with Crippen molar-refractivity contribution in [2.24, 2.45) is 5.73 Å². The average Bonchev–Trinajstić information content (AvgIpc) is 2.37. The standard InChI is InChI=1S/C14H23NO3/c1-5-6-11(15)7-10-8-12(16-2)14(18-4)13(9-10)17-3/h8-9,11H,5-7,15H2,1-4H3. The Labute approximate surface area is 109 Å². The third kappa shape index (κ3) is 3.53. The van der Waals surface area contributed by atoms with E-state index in [1.165, 1.54) is 0 Å². The Morgan fingerprint density at radius 2 is 1.61 bits per heavy atom. The van der Waals surface area contributed by atoms with Crippen molar-refractivity contribution in [3.63, 3.8) is 0 Å². The first kappa shape index (κ1) is 14.6. The van der Waals surface area contributed by atoms with Gasteiger partial charge in [-0.15, -0.1) is 0 Å². The molecule has 18 heavy (non-hydrogen) atoms. The number of rotatable bonds is 7. The number of methoxy groups -OCH3 is 3. The summed E-state index contributed by atoms with van der Waals surface area (Å²) in [4.78, 5) is 0. The molecular weight excluding hydrogens is 230 g/mol. The summed E-state index contributed by atoms with van der Waals surface area (Å²) in [6, 6.07) is 4.08. The summed E-state index contributed by atoms with van der Waals surface area (Å²) < 4.78 is 15.9. The molecule has 0 fully saturated rings. The van der Waals surface area contributed by atoms with Crippen LogP contribution >= 0.6 is 0 Å². The maximum Gasteiger partial charge on any atom is 0.203 e. The second-order valence-electron chi connectivity index (χ2n) is 4.29. The lowest BCUT2D eigenvalue weighted by molar-refractivity contribution is 0.323. The summed E-state index contributed by atoms with van der Waals surface area (Å²) in [6.07, 6.45) is 2.91. The zero-order valence-electron chi connectivity index (χ0n) is 11.7. The Bertz CT molecular complexity index is 354. The zero-order chi connectivity index (χ0) is 13.5. The number of hydrogen-bond donors (Lipinski definition) is 1. The first-order valence-electron chi connectivity index (χ1n) is 6.20. The number of benzene rings is 1. The van der Waals surface area contributed by atoms with E-state index in [1.54, 1.807) is 21.3 Å². The van der Waals surface area contributed by atoms with E-state index >= 15 is 0 Å². The summed E-state index contributed by atoms with van der Waals surface area (Å²) in [5.41, 5.74) is 7.16. The third-order valence-corrected chi connectivity index (χ3v) is 2.88. The highest BCUT2D eigenvalue weighted by Gasteiger charge is 2.14. The van der Waals surface area contributed by atoms with Gasteiger partial charge in [0.2, 0.25) is 5.75 Å². The van der Waals surface area contributed by atoms with Gasteiger partial charge in [0.05, 0.1) is 21.3 Å². The first-order chi connectivity index (χ1) is 8.65. The highest BCUT2D eigenvalue weighted by molar-refractivity contribution is 5.53. The van der Waals surface area contributed by atoms with Gasteiger partial charge in [-0.3, -0.25) is 0 Å². The molecule has 1 unspecified atom stereocenters. The van der Waals surface area contributed by atoms with Crippen LogP contribution in [0.3, 0.4) is 0 Å². The van der Waals surface area contributed by atoms with Crippen molar-refractivity contribution >= 4 is 0 Å². The second-order valence-corrected chi connectivity index (χ2v) is 4.29. The largest absolute Gasteiger partial charge is 0.493 e. The van der Waals surface area contributed by atoms with Crippen LogP contribution in [-0.4, -0.2) is 27.4 Å². The summed E-state index contributed by atoms with van der Waals surface area (Å²) in [6.45, 7) is 2.13. The highest BCUT2D eigenvalue weighted by Crippen LogP contribution is 2.38. The van der Waals surface area contributed by atoms with Gasteiger partial charge >= 0.3 is 0 Å². The van der Waals surface area contributed by atoms with Crippen molar-refractivity contribution in [2.75, 3.05) is 21.3 Å². The van der Waals surface area contributed by atoms with E-state index in [-0.39, 0.29) is 6.04 Å². The van der Waals surface area contributed by atoms with Crippen LogP contribution < -0.4 is 19.9 Å². The molecule has 0 saturated carbocycles. The predicted octanol–water partition coefficient (Wildman–Crippen LogP) is 2.38. The van der Waals surface area contributed by atoms with Crippen LogP contribution in [0.25, 0.3) is 0 Å². The molecule has 0 amide bonds. The van der Waals surface area contributed by atoms with Crippen LogP contribution in [0.1, 0.15) is 25.3 Å². The molecule has 0 saturated heterocycles. The van der Waals surface area contributed by atoms with E-state index in [2.05, 4.69) is 6.92 Å². The minimum Gasteiger partial charge on any atom is -0.493 e. The van der Waals surface area contributed by atoms with Gasteiger partial charge in [-0.2, -0.15) is 0 Å². The number of nitrogens with two attached hydrogens (primary N) is 1. The number of ether oxygens (including phenoxy) is 3. The second kappa shape index (κ2) is 7.11. The summed E-state index contributed by atoms with van der Waals surface area (Å²) in [5.74, 6) is 1.97. The highest BCUT2D eigenvalue weighted by atomic mass is 16.5. The summed E-state index contributed by atoms with van der Waals surface area (Å²) in [5, 5.41) is 0. The van der Waals surface area contributed by atoms with Crippen molar-refractivity contribution in [1.29, 1.82) is 0 Å². The zero-order valence-corrected chi connectivity index (χ0v) is 11.7. The van der Waals surface area contributed by atoms with Crippen LogP contribution in [0.15, 0.2) is 12.1 Å². The minimum atomic E-state index is 0.165. The van der Waals surface area contributed by atoms with Gasteiger partial charge in [0, 0.05) is 6.04 Å². The van der Waals surface area contributed by atoms with Crippen molar-refractivity contribution in [3.8, 4) is 17.2 Å². The molecule has 1 atom stereocenters. The van der Waals surface area contributed by atoms with Crippen LogP contribution in [0.2, 0.25) is 0 Å². The lowest BCUT2D eigenvalue weighted by atomic mass is 10.0. The van der Waals surface area contributed by atoms with Gasteiger partial charge in [0.15, 0.2) is 11.5 Å². The molecule has 1 aromatic carbocycles. The van der Waals surface area contributed by atoms with E-state index in [0.717, 1.165) is 24.8 Å². The maximum atomic E-state index is 6.06. The van der Waals surface area contributed by atoms with Gasteiger partial charge in [0.25, 0.3) is 0 Å². The van der Waals surface area contributed by atoms with Gasteiger partial charge in [-0.25, -0.2) is 0 Å². The van der Waals surface area contributed by atoms with Crippen LogP contribution in [-0.2, 0) is 6.42 Å². The average molecular weight is 253 g/mol. The predicted molar refractivity (Wildman–Crippen MR) is 72.7 cm³/mol. The van der Waals surface area contributed by atoms with E-state index in [4.69, 9.17) is 19.9 Å². The van der Waals surface area contributed by atoms with Crippen molar-refractivity contribution in [3.05, 3.63) is 17.7 Å². The SMILES string of the molecule is CCCC(N)Cc1cc(OC)c(OC)c(OC)c1. The monoisotopic (exact) mass is 253 g/mol. The fourth-order valence-electron chi connectivity index (χ4n) is 2.03. The Hall–Kier alpha value is -1.42. The van der Waals surface area contributed by atoms with Crippen molar-refractivity contribution in [2.45, 2.75) is 32.2 Å². The lowest BCUT2D eigenvalue weighted by Crippen LogP contribution is -2.22. The number of hydrogen-bond acceptors (Lipinski definition) is 4. The molecule has 1 aromatic rings. The normalized spacial score (nSPS) is 12.1. The molecule has 4 heteroatoms. The Morgan fingerprint density at radius 1 is 1.06 bits per heavy atom. The van der Waals surface area contributed by atoms with Crippen LogP contribution in [0.4, 0.5) is 0 Å². The fraction of sp³-hybridized carbons (Fsp3) is 0.571. The van der Waals surface area contributed by atoms with Crippen molar-refractivity contribution < 1.29 is 14.2 Å². The molecule has 4 nitrogen and oxygen atoms in total. The Kier molecular flexibility index (Phi) is 5.78. The van der Waals surface area contributed by atoms with Gasteiger partial charge in [0.1, 0.15) is 0 Å². The molecule has 1 rings (SSSR count). The summed E-state index contributed by atoms with van der Waals surface area (Å²) >= 11 is 0. The molecule has 102 valence electrons. The smallest absolute Gasteiger partial charge is 0.203 e. The van der Waals surface area contributed by atoms with Gasteiger partial charge in [-0.05, 0) is 30.5 Å². The van der Waals surface area contributed by atoms with Gasteiger partial charge < -0.3 is 19.9 Å². The molecule has 2 N–H and O–H groups in total. The van der Waals surface area contributed by atoms with Gasteiger partial charge in [-0.1, -0.05) is 13.3 Å². The van der Waals surface area contributed by atoms with Crippen LogP contribution in [0, 0.1) is 0 Å². The summed E-state index contributed by atoms with van der Waals surface area (Å²) in [7, 11) is 4.84. The molecule has 0 radical (unpaired) electrons. The van der Waals surface area contributed by atoms with E-state index in [1.807, 2.05) is 12.1 Å². The molecular formula is C14H23NO3. The van der Waals surface area contributed by atoms with E-state index in [9.17, 15) is 0 Å². The van der Waals surface area contributed by atoms with Crippen molar-refractivity contribution in [1.82, 2.24) is 0 Å². The topological polar surface area (TPSA) is 53.7 Å². The molecule has 0 heterocycles. The Balaban J connectivity index is 2.99. The minimum absolute atomic E-state index is 0.165. The third-order valence-electron chi connectivity index (χ3n) is 2.88. The lowest BCUT2D eigenvalue weighted by Gasteiger charge is -2.16. The van der Waals surface area contributed by atoms with Crippen LogP contribution in [0.5, 0.6) is 17.2 Å². The molecule has 0 aromatic heterocycles. The Morgan fingerprint density at radius 3 is 2.00 bits per heavy atom. The van der Waals surface area contributed by atoms with E-state index < -0.39 is 0 Å². The molecule has 0 bridgehead atoms. The quantitative estimate of drug-likeness (QED) is 0.810.